The Morgan fingerprint density at radius 3 is 2.45 bits per heavy atom. The number of benzene rings is 2. The zero-order valence-corrected chi connectivity index (χ0v) is 18.9. The molecule has 31 heavy (non-hydrogen) atoms. The Morgan fingerprint density at radius 1 is 1.13 bits per heavy atom. The van der Waals surface area contributed by atoms with Crippen molar-refractivity contribution in [3.63, 3.8) is 0 Å². The largest absolute Gasteiger partial charge is 0.326 e. The SMILES string of the molecule is CCN(CC)S(=O)(=O)c1ccc(NC(=O)C2CCCN(Cc3ccccc3F)C2)cc1. The summed E-state index contributed by atoms with van der Waals surface area (Å²) in [5.74, 6) is -0.522. The van der Waals surface area contributed by atoms with E-state index >= 15 is 0 Å². The molecule has 0 bridgehead atoms. The summed E-state index contributed by atoms with van der Waals surface area (Å²) in [7, 11) is -3.52. The van der Waals surface area contributed by atoms with Crippen LogP contribution in [0.15, 0.2) is 53.4 Å². The molecule has 1 unspecified atom stereocenters. The van der Waals surface area contributed by atoms with E-state index in [1.165, 1.54) is 22.5 Å². The van der Waals surface area contributed by atoms with Gasteiger partial charge in [0.2, 0.25) is 15.9 Å². The summed E-state index contributed by atoms with van der Waals surface area (Å²) in [6, 6.07) is 13.0. The van der Waals surface area contributed by atoms with E-state index in [0.29, 0.717) is 37.4 Å². The average Bonchev–Trinajstić information content (AvgIpc) is 2.76. The maximum atomic E-state index is 13.9. The molecule has 1 heterocycles. The Balaban J connectivity index is 1.61. The first kappa shape index (κ1) is 23.4. The van der Waals surface area contributed by atoms with Crippen molar-refractivity contribution in [1.29, 1.82) is 0 Å². The molecule has 0 saturated carbocycles. The highest BCUT2D eigenvalue weighted by atomic mass is 32.2. The Labute approximate surface area is 184 Å². The quantitative estimate of drug-likeness (QED) is 0.670. The molecular weight excluding hydrogens is 417 g/mol. The molecule has 1 atom stereocenters. The number of anilines is 1. The summed E-state index contributed by atoms with van der Waals surface area (Å²) >= 11 is 0. The molecule has 3 rings (SSSR count). The highest BCUT2D eigenvalue weighted by Crippen LogP contribution is 2.23. The molecule has 168 valence electrons. The number of likely N-dealkylation sites (tertiary alicyclic amines) is 1. The van der Waals surface area contributed by atoms with Crippen molar-refractivity contribution in [3.8, 4) is 0 Å². The maximum Gasteiger partial charge on any atom is 0.243 e. The zero-order valence-electron chi connectivity index (χ0n) is 18.1. The highest BCUT2D eigenvalue weighted by Gasteiger charge is 2.27. The number of sulfonamides is 1. The molecular formula is C23H30FN3O3S. The molecule has 0 aromatic heterocycles. The number of halogens is 1. The van der Waals surface area contributed by atoms with Crippen molar-refractivity contribution in [3.05, 3.63) is 59.9 Å². The van der Waals surface area contributed by atoms with E-state index in [1.54, 1.807) is 38.1 Å². The van der Waals surface area contributed by atoms with Gasteiger partial charge in [-0.15, -0.1) is 0 Å². The molecule has 0 spiro atoms. The number of hydrogen-bond donors (Lipinski definition) is 1. The summed E-state index contributed by atoms with van der Waals surface area (Å²) in [6.07, 6.45) is 1.64. The first-order valence-corrected chi connectivity index (χ1v) is 12.2. The van der Waals surface area contributed by atoms with Gasteiger partial charge in [0.15, 0.2) is 0 Å². The molecule has 1 N–H and O–H groups in total. The minimum Gasteiger partial charge on any atom is -0.326 e. The van der Waals surface area contributed by atoms with Crippen LogP contribution >= 0.6 is 0 Å². The topological polar surface area (TPSA) is 69.7 Å². The van der Waals surface area contributed by atoms with Gasteiger partial charge in [-0.2, -0.15) is 4.31 Å². The fraction of sp³-hybridized carbons (Fsp3) is 0.435. The minimum atomic E-state index is -3.52. The van der Waals surface area contributed by atoms with Crippen LogP contribution in [0, 0.1) is 11.7 Å². The van der Waals surface area contributed by atoms with Gasteiger partial charge < -0.3 is 5.32 Å². The van der Waals surface area contributed by atoms with Crippen LogP contribution in [0.5, 0.6) is 0 Å². The van der Waals surface area contributed by atoms with Crippen LogP contribution in [-0.2, 0) is 21.4 Å². The maximum absolute atomic E-state index is 13.9. The lowest BCUT2D eigenvalue weighted by molar-refractivity contribution is -0.121. The summed E-state index contributed by atoms with van der Waals surface area (Å²) in [4.78, 5) is 15.1. The van der Waals surface area contributed by atoms with Crippen LogP contribution in [0.1, 0.15) is 32.3 Å². The lowest BCUT2D eigenvalue weighted by atomic mass is 9.96. The minimum absolute atomic E-state index is 0.0995. The van der Waals surface area contributed by atoms with E-state index in [4.69, 9.17) is 0 Å². The van der Waals surface area contributed by atoms with Crippen LogP contribution in [0.4, 0.5) is 10.1 Å². The standard InChI is InChI=1S/C23H30FN3O3S/c1-3-27(4-2)31(29,30)21-13-11-20(12-14-21)25-23(28)19-9-7-15-26(17-19)16-18-8-5-6-10-22(18)24/h5-6,8,10-14,19H,3-4,7,9,15-17H2,1-2H3,(H,25,28). The first-order valence-electron chi connectivity index (χ1n) is 10.7. The molecule has 2 aromatic rings. The Morgan fingerprint density at radius 2 is 1.81 bits per heavy atom. The fourth-order valence-corrected chi connectivity index (χ4v) is 5.41. The molecule has 0 aliphatic carbocycles. The summed E-state index contributed by atoms with van der Waals surface area (Å²) in [5, 5.41) is 2.90. The molecule has 2 aromatic carbocycles. The van der Waals surface area contributed by atoms with Crippen LogP contribution in [0.25, 0.3) is 0 Å². The van der Waals surface area contributed by atoms with Crippen molar-refractivity contribution < 1.29 is 17.6 Å². The van der Waals surface area contributed by atoms with Crippen molar-refractivity contribution in [2.75, 3.05) is 31.5 Å². The smallest absolute Gasteiger partial charge is 0.243 e. The monoisotopic (exact) mass is 447 g/mol. The fourth-order valence-electron chi connectivity index (χ4n) is 3.95. The van der Waals surface area contributed by atoms with Gasteiger partial charge in [-0.25, -0.2) is 12.8 Å². The third-order valence-electron chi connectivity index (χ3n) is 5.69. The van der Waals surface area contributed by atoms with Crippen molar-refractivity contribution in [1.82, 2.24) is 9.21 Å². The van der Waals surface area contributed by atoms with E-state index in [-0.39, 0.29) is 22.5 Å². The predicted molar refractivity (Wildman–Crippen MR) is 120 cm³/mol. The summed E-state index contributed by atoms with van der Waals surface area (Å²) in [6.45, 7) is 6.29. The normalized spacial score (nSPS) is 17.6. The lowest BCUT2D eigenvalue weighted by Gasteiger charge is -2.32. The molecule has 1 amide bonds. The van der Waals surface area contributed by atoms with Crippen LogP contribution < -0.4 is 5.32 Å². The second-order valence-corrected chi connectivity index (χ2v) is 9.71. The number of piperidine rings is 1. The van der Waals surface area contributed by atoms with Gasteiger partial charge in [0, 0.05) is 37.4 Å². The third-order valence-corrected chi connectivity index (χ3v) is 7.76. The second-order valence-electron chi connectivity index (χ2n) is 7.77. The van der Waals surface area contributed by atoms with Gasteiger partial charge in [-0.05, 0) is 49.7 Å². The molecule has 6 nitrogen and oxygen atoms in total. The number of hydrogen-bond acceptors (Lipinski definition) is 4. The molecule has 8 heteroatoms. The van der Waals surface area contributed by atoms with E-state index in [0.717, 1.165) is 19.4 Å². The number of nitrogens with one attached hydrogen (secondary N) is 1. The molecule has 1 fully saturated rings. The predicted octanol–water partition coefficient (Wildman–Crippen LogP) is 3.71. The van der Waals surface area contributed by atoms with Gasteiger partial charge in [0.1, 0.15) is 5.82 Å². The van der Waals surface area contributed by atoms with E-state index < -0.39 is 10.0 Å². The second kappa shape index (κ2) is 10.3. The number of rotatable bonds is 8. The van der Waals surface area contributed by atoms with Crippen molar-refractivity contribution in [2.45, 2.75) is 38.1 Å². The van der Waals surface area contributed by atoms with Gasteiger partial charge >= 0.3 is 0 Å². The number of carbonyl (C=O) groups excluding carboxylic acids is 1. The van der Waals surface area contributed by atoms with Gasteiger partial charge in [0.05, 0.1) is 10.8 Å². The Kier molecular flexibility index (Phi) is 7.80. The van der Waals surface area contributed by atoms with Crippen molar-refractivity contribution in [2.24, 2.45) is 5.92 Å². The molecule has 0 radical (unpaired) electrons. The summed E-state index contributed by atoms with van der Waals surface area (Å²) < 4.78 is 40.5. The van der Waals surface area contributed by atoms with Crippen LogP contribution in [-0.4, -0.2) is 49.7 Å². The van der Waals surface area contributed by atoms with Gasteiger partial charge in [-0.3, -0.25) is 9.69 Å². The third kappa shape index (κ3) is 5.70. The Hall–Kier alpha value is -2.29. The van der Waals surface area contributed by atoms with Crippen LogP contribution in [0.3, 0.4) is 0 Å². The number of carbonyl (C=O) groups is 1. The summed E-state index contributed by atoms with van der Waals surface area (Å²) in [5.41, 5.74) is 1.20. The van der Waals surface area contributed by atoms with E-state index in [2.05, 4.69) is 10.2 Å². The van der Waals surface area contributed by atoms with Crippen molar-refractivity contribution >= 4 is 21.6 Å². The molecule has 1 aliphatic heterocycles. The van der Waals surface area contributed by atoms with Gasteiger partial charge in [-0.1, -0.05) is 32.0 Å². The molecule has 1 aliphatic rings. The average molecular weight is 448 g/mol. The highest BCUT2D eigenvalue weighted by molar-refractivity contribution is 7.89. The van der Waals surface area contributed by atoms with E-state index in [1.807, 2.05) is 6.07 Å². The van der Waals surface area contributed by atoms with Gasteiger partial charge in [0.25, 0.3) is 0 Å². The lowest BCUT2D eigenvalue weighted by Crippen LogP contribution is -2.40. The molecule has 1 saturated heterocycles. The number of amides is 1. The van der Waals surface area contributed by atoms with Crippen LogP contribution in [0.2, 0.25) is 0 Å². The Bertz CT molecular complexity index is 991. The zero-order chi connectivity index (χ0) is 22.4. The number of nitrogens with zero attached hydrogens (tertiary/aromatic N) is 2. The first-order chi connectivity index (χ1) is 14.8. The van der Waals surface area contributed by atoms with E-state index in [9.17, 15) is 17.6 Å².